The van der Waals surface area contributed by atoms with Crippen LogP contribution in [0.4, 0.5) is 11.4 Å². The zero-order valence-electron chi connectivity index (χ0n) is 15.0. The summed E-state index contributed by atoms with van der Waals surface area (Å²) in [5.74, 6) is -0.193. The summed E-state index contributed by atoms with van der Waals surface area (Å²) in [4.78, 5) is 31.8. The maximum atomic E-state index is 12.2. The number of hydrogen-bond acceptors (Lipinski definition) is 6. The molecule has 0 bridgehead atoms. The molecule has 2 aromatic rings. The van der Waals surface area contributed by atoms with Crippen molar-refractivity contribution < 1.29 is 9.72 Å². The zero-order valence-corrected chi connectivity index (χ0v) is 15.8. The van der Waals surface area contributed by atoms with E-state index in [0.717, 1.165) is 42.6 Å². The molecule has 1 saturated heterocycles. The lowest BCUT2D eigenvalue weighted by atomic mass is 10.2. The van der Waals surface area contributed by atoms with Gasteiger partial charge in [-0.1, -0.05) is 30.3 Å². The summed E-state index contributed by atoms with van der Waals surface area (Å²) in [6.45, 7) is 3.02. The van der Waals surface area contributed by atoms with Crippen LogP contribution in [0.3, 0.4) is 0 Å². The fourth-order valence-corrected chi connectivity index (χ4v) is 4.14. The number of nitro groups is 1. The van der Waals surface area contributed by atoms with E-state index in [1.165, 1.54) is 23.9 Å². The van der Waals surface area contributed by atoms with E-state index in [0.29, 0.717) is 4.91 Å². The first-order chi connectivity index (χ1) is 13.6. The van der Waals surface area contributed by atoms with Gasteiger partial charge in [-0.2, -0.15) is 4.99 Å². The van der Waals surface area contributed by atoms with Crippen LogP contribution in [0.5, 0.6) is 0 Å². The topological polar surface area (TPSA) is 79.0 Å². The second-order valence-electron chi connectivity index (χ2n) is 6.47. The molecule has 0 saturated carbocycles. The first kappa shape index (κ1) is 18.2. The van der Waals surface area contributed by atoms with Crippen LogP contribution < -0.4 is 4.90 Å². The number of amidine groups is 1. The van der Waals surface area contributed by atoms with Crippen LogP contribution in [0.1, 0.15) is 5.56 Å². The Morgan fingerprint density at radius 2 is 1.61 bits per heavy atom. The van der Waals surface area contributed by atoms with Crippen molar-refractivity contribution >= 4 is 40.3 Å². The predicted octanol–water partition coefficient (Wildman–Crippen LogP) is 3.39. The highest BCUT2D eigenvalue weighted by molar-refractivity contribution is 8.18. The Morgan fingerprint density at radius 1 is 0.964 bits per heavy atom. The van der Waals surface area contributed by atoms with Crippen molar-refractivity contribution in [3.63, 3.8) is 0 Å². The van der Waals surface area contributed by atoms with E-state index < -0.39 is 4.92 Å². The average Bonchev–Trinajstić information content (AvgIpc) is 3.09. The molecule has 2 aliphatic heterocycles. The normalized spacial score (nSPS) is 18.5. The van der Waals surface area contributed by atoms with Crippen LogP contribution in [-0.2, 0) is 4.79 Å². The maximum absolute atomic E-state index is 12.2. The van der Waals surface area contributed by atoms with Gasteiger partial charge in [0.2, 0.25) is 0 Å². The summed E-state index contributed by atoms with van der Waals surface area (Å²) in [7, 11) is 0. The van der Waals surface area contributed by atoms with E-state index >= 15 is 0 Å². The summed E-state index contributed by atoms with van der Waals surface area (Å²) in [5.41, 5.74) is 2.04. The van der Waals surface area contributed by atoms with Crippen LogP contribution in [0.15, 0.2) is 64.5 Å². The van der Waals surface area contributed by atoms with Gasteiger partial charge in [-0.15, -0.1) is 0 Å². The number of carbonyl (C=O) groups is 1. The molecule has 1 amide bonds. The number of piperazine rings is 1. The molecule has 142 valence electrons. The Bertz CT molecular complexity index is 949. The quantitative estimate of drug-likeness (QED) is 0.451. The lowest BCUT2D eigenvalue weighted by molar-refractivity contribution is -0.384. The van der Waals surface area contributed by atoms with E-state index in [1.54, 1.807) is 12.1 Å². The van der Waals surface area contributed by atoms with Crippen molar-refractivity contribution in [1.82, 2.24) is 4.90 Å². The van der Waals surface area contributed by atoms with Crippen molar-refractivity contribution in [2.75, 3.05) is 31.1 Å². The molecule has 0 unspecified atom stereocenters. The number of nitrogens with zero attached hydrogens (tertiary/aromatic N) is 4. The van der Waals surface area contributed by atoms with Crippen LogP contribution in [-0.4, -0.2) is 47.1 Å². The van der Waals surface area contributed by atoms with E-state index in [2.05, 4.69) is 14.8 Å². The van der Waals surface area contributed by atoms with Crippen molar-refractivity contribution in [1.29, 1.82) is 0 Å². The largest absolute Gasteiger partial charge is 0.368 e. The van der Waals surface area contributed by atoms with Gasteiger partial charge in [0.05, 0.1) is 9.83 Å². The maximum Gasteiger partial charge on any atom is 0.286 e. The number of carbonyl (C=O) groups excluding carboxylic acids is 1. The molecule has 8 heteroatoms. The Morgan fingerprint density at radius 3 is 2.25 bits per heavy atom. The van der Waals surface area contributed by atoms with Crippen molar-refractivity contribution in [3.05, 3.63) is 75.2 Å². The molecule has 0 spiro atoms. The average molecular weight is 394 g/mol. The van der Waals surface area contributed by atoms with E-state index in [1.807, 2.05) is 36.4 Å². The van der Waals surface area contributed by atoms with Crippen LogP contribution in [0, 0.1) is 10.1 Å². The van der Waals surface area contributed by atoms with Crippen LogP contribution in [0.2, 0.25) is 0 Å². The Kier molecular flexibility index (Phi) is 5.12. The third kappa shape index (κ3) is 3.91. The predicted molar refractivity (Wildman–Crippen MR) is 111 cm³/mol. The SMILES string of the molecule is O=C1N=C(N2CCN(c3ccc([N+](=O)[O-])cc3)CC2)S/C1=C\c1ccccc1. The van der Waals surface area contributed by atoms with E-state index in [-0.39, 0.29) is 11.6 Å². The van der Waals surface area contributed by atoms with Gasteiger partial charge in [-0.05, 0) is 35.5 Å². The van der Waals surface area contributed by atoms with Crippen molar-refractivity contribution in [3.8, 4) is 0 Å². The summed E-state index contributed by atoms with van der Waals surface area (Å²) in [5, 5.41) is 11.5. The second-order valence-corrected chi connectivity index (χ2v) is 7.48. The smallest absolute Gasteiger partial charge is 0.286 e. The number of nitro benzene ring substituents is 1. The minimum atomic E-state index is -0.394. The third-order valence-electron chi connectivity index (χ3n) is 4.68. The van der Waals surface area contributed by atoms with Crippen molar-refractivity contribution in [2.24, 2.45) is 4.99 Å². The molecule has 0 radical (unpaired) electrons. The summed E-state index contributed by atoms with van der Waals surface area (Å²) in [6.07, 6.45) is 1.87. The summed E-state index contributed by atoms with van der Waals surface area (Å²) < 4.78 is 0. The van der Waals surface area contributed by atoms with E-state index in [9.17, 15) is 14.9 Å². The highest BCUT2D eigenvalue weighted by Gasteiger charge is 2.28. The van der Waals surface area contributed by atoms with Gasteiger partial charge in [0.1, 0.15) is 0 Å². The van der Waals surface area contributed by atoms with Gasteiger partial charge in [-0.25, -0.2) is 0 Å². The number of benzene rings is 2. The highest BCUT2D eigenvalue weighted by atomic mass is 32.2. The number of non-ortho nitro benzene ring substituents is 1. The number of hydrogen-bond donors (Lipinski definition) is 0. The minimum Gasteiger partial charge on any atom is -0.368 e. The van der Waals surface area contributed by atoms with Gasteiger partial charge in [-0.3, -0.25) is 14.9 Å². The van der Waals surface area contributed by atoms with Crippen molar-refractivity contribution in [2.45, 2.75) is 0 Å². The van der Waals surface area contributed by atoms with Gasteiger partial charge in [0.15, 0.2) is 5.17 Å². The standard InChI is InChI=1S/C20H18N4O3S/c25-19-18(14-15-4-2-1-3-5-15)28-20(21-19)23-12-10-22(11-13-23)16-6-8-17(9-7-16)24(26)27/h1-9,14H,10-13H2/b18-14-. The molecule has 1 fully saturated rings. The van der Waals surface area contributed by atoms with Crippen LogP contribution in [0.25, 0.3) is 6.08 Å². The summed E-state index contributed by atoms with van der Waals surface area (Å²) >= 11 is 1.42. The number of rotatable bonds is 3. The highest BCUT2D eigenvalue weighted by Crippen LogP contribution is 2.31. The third-order valence-corrected chi connectivity index (χ3v) is 5.73. The molecule has 0 aliphatic carbocycles. The first-order valence-corrected chi connectivity index (χ1v) is 9.74. The lowest BCUT2D eigenvalue weighted by Crippen LogP contribution is -2.47. The number of thioether (sulfide) groups is 1. The molecule has 7 nitrogen and oxygen atoms in total. The first-order valence-electron chi connectivity index (χ1n) is 8.92. The minimum absolute atomic E-state index is 0.0929. The lowest BCUT2D eigenvalue weighted by Gasteiger charge is -2.36. The Balaban J connectivity index is 1.38. The molecule has 2 aliphatic rings. The van der Waals surface area contributed by atoms with Gasteiger partial charge in [0.25, 0.3) is 11.6 Å². The Labute approximate surface area is 166 Å². The molecular formula is C20H18N4O3S. The second kappa shape index (κ2) is 7.85. The molecule has 0 atom stereocenters. The fourth-order valence-electron chi connectivity index (χ4n) is 3.17. The molecule has 28 heavy (non-hydrogen) atoms. The molecule has 4 rings (SSSR count). The number of aliphatic imine (C=N–C) groups is 1. The monoisotopic (exact) mass is 394 g/mol. The van der Waals surface area contributed by atoms with Gasteiger partial charge >= 0.3 is 0 Å². The van der Waals surface area contributed by atoms with Crippen LogP contribution >= 0.6 is 11.8 Å². The Hall–Kier alpha value is -3.13. The molecule has 2 heterocycles. The summed E-state index contributed by atoms with van der Waals surface area (Å²) in [6, 6.07) is 16.3. The van der Waals surface area contributed by atoms with E-state index in [4.69, 9.17) is 0 Å². The molecule has 2 aromatic carbocycles. The molecule has 0 aromatic heterocycles. The number of anilines is 1. The molecular weight excluding hydrogens is 376 g/mol. The number of amides is 1. The fraction of sp³-hybridized carbons (Fsp3) is 0.200. The molecule has 0 N–H and O–H groups in total. The zero-order chi connectivity index (χ0) is 19.5. The van der Waals surface area contributed by atoms with Gasteiger partial charge < -0.3 is 9.80 Å². The van der Waals surface area contributed by atoms with Gasteiger partial charge in [0, 0.05) is 44.0 Å².